The molecule has 1 unspecified atom stereocenters. The number of nitrogens with zero attached hydrogens (tertiary/aromatic N) is 6. The molecule has 4 heterocycles. The van der Waals surface area contributed by atoms with Crippen LogP contribution in [0.2, 0.25) is 0 Å². The molecule has 11 heteroatoms. The molecule has 0 aliphatic carbocycles. The van der Waals surface area contributed by atoms with E-state index < -0.39 is 30.2 Å². The zero-order chi connectivity index (χ0) is 21.4. The highest BCUT2D eigenvalue weighted by atomic mass is 19.4. The minimum absolute atomic E-state index is 0.268. The van der Waals surface area contributed by atoms with Crippen molar-refractivity contribution in [1.82, 2.24) is 29.7 Å². The van der Waals surface area contributed by atoms with Crippen molar-refractivity contribution in [2.45, 2.75) is 24.6 Å². The van der Waals surface area contributed by atoms with Gasteiger partial charge in [-0.25, -0.2) is 19.6 Å². The van der Waals surface area contributed by atoms with Crippen LogP contribution in [-0.4, -0.2) is 41.0 Å². The lowest BCUT2D eigenvalue weighted by atomic mass is 9.89. The first-order valence-electron chi connectivity index (χ1n) is 8.79. The molecule has 0 aliphatic rings. The lowest BCUT2D eigenvalue weighted by Gasteiger charge is -2.30. The quantitative estimate of drug-likeness (QED) is 0.519. The minimum Gasteiger partial charge on any atom is -0.376 e. The SMILES string of the molecule is N#CCCC(O)(c1ccc(-n2cc(-c3ccnc4nc[nH]c34)cn2)nc1)C(F)(F)F. The molecule has 4 rings (SSSR count). The van der Waals surface area contributed by atoms with Crippen molar-refractivity contribution >= 4 is 11.2 Å². The Bertz CT molecular complexity index is 1220. The molecule has 0 bridgehead atoms. The Kier molecular flexibility index (Phi) is 4.71. The molecular weight excluding hydrogens is 399 g/mol. The van der Waals surface area contributed by atoms with E-state index in [2.05, 4.69) is 25.0 Å². The van der Waals surface area contributed by atoms with E-state index in [1.54, 1.807) is 30.7 Å². The summed E-state index contributed by atoms with van der Waals surface area (Å²) in [6.45, 7) is 0. The largest absolute Gasteiger partial charge is 0.421 e. The van der Waals surface area contributed by atoms with Gasteiger partial charge in [0.15, 0.2) is 17.1 Å². The second-order valence-electron chi connectivity index (χ2n) is 6.55. The number of nitriles is 1. The van der Waals surface area contributed by atoms with Gasteiger partial charge in [-0.15, -0.1) is 0 Å². The number of aliphatic hydroxyl groups is 1. The van der Waals surface area contributed by atoms with Gasteiger partial charge >= 0.3 is 6.18 Å². The Balaban J connectivity index is 1.65. The molecule has 0 saturated heterocycles. The predicted molar refractivity (Wildman–Crippen MR) is 99.0 cm³/mol. The summed E-state index contributed by atoms with van der Waals surface area (Å²) >= 11 is 0. The van der Waals surface area contributed by atoms with Crippen molar-refractivity contribution in [2.75, 3.05) is 0 Å². The van der Waals surface area contributed by atoms with Crippen LogP contribution in [0.1, 0.15) is 18.4 Å². The molecule has 0 radical (unpaired) electrons. The maximum Gasteiger partial charge on any atom is 0.421 e. The zero-order valence-corrected chi connectivity index (χ0v) is 15.3. The summed E-state index contributed by atoms with van der Waals surface area (Å²) < 4.78 is 41.6. The summed E-state index contributed by atoms with van der Waals surface area (Å²) in [6, 6.07) is 5.87. The Morgan fingerprint density at radius 2 is 1.97 bits per heavy atom. The number of imidazole rings is 1. The molecule has 2 N–H and O–H groups in total. The van der Waals surface area contributed by atoms with Crippen LogP contribution in [0.3, 0.4) is 0 Å². The van der Waals surface area contributed by atoms with E-state index in [0.29, 0.717) is 5.65 Å². The predicted octanol–water partition coefficient (Wildman–Crippen LogP) is 3.26. The second kappa shape index (κ2) is 7.23. The zero-order valence-electron chi connectivity index (χ0n) is 15.3. The fourth-order valence-corrected chi connectivity index (χ4v) is 3.13. The average molecular weight is 413 g/mol. The van der Waals surface area contributed by atoms with E-state index in [9.17, 15) is 18.3 Å². The molecule has 0 spiro atoms. The molecule has 4 aromatic rings. The van der Waals surface area contributed by atoms with Gasteiger partial charge in [0.2, 0.25) is 0 Å². The van der Waals surface area contributed by atoms with Gasteiger partial charge in [0.1, 0.15) is 0 Å². The van der Waals surface area contributed by atoms with Gasteiger partial charge in [0.05, 0.1) is 24.1 Å². The number of alkyl halides is 3. The van der Waals surface area contributed by atoms with Gasteiger partial charge in [0, 0.05) is 48.1 Å². The van der Waals surface area contributed by atoms with E-state index in [1.165, 1.54) is 17.1 Å². The highest BCUT2D eigenvalue weighted by Crippen LogP contribution is 2.42. The molecule has 0 saturated carbocycles. The molecular formula is C19H14F3N7O. The molecule has 30 heavy (non-hydrogen) atoms. The van der Waals surface area contributed by atoms with Crippen molar-refractivity contribution in [3.05, 3.63) is 54.9 Å². The van der Waals surface area contributed by atoms with Crippen LogP contribution in [0.5, 0.6) is 0 Å². The van der Waals surface area contributed by atoms with Gasteiger partial charge < -0.3 is 10.1 Å². The number of aromatic nitrogens is 6. The monoisotopic (exact) mass is 413 g/mol. The number of rotatable bonds is 5. The summed E-state index contributed by atoms with van der Waals surface area (Å²) in [5.41, 5.74) is -0.761. The van der Waals surface area contributed by atoms with Crippen LogP contribution in [0.4, 0.5) is 13.2 Å². The van der Waals surface area contributed by atoms with Gasteiger partial charge in [-0.05, 0) is 12.1 Å². The third-order valence-electron chi connectivity index (χ3n) is 4.75. The summed E-state index contributed by atoms with van der Waals surface area (Å²) in [5.74, 6) is 0.268. The van der Waals surface area contributed by atoms with Gasteiger partial charge in [-0.1, -0.05) is 6.07 Å². The fourth-order valence-electron chi connectivity index (χ4n) is 3.13. The number of nitrogens with one attached hydrogen (secondary N) is 1. The summed E-state index contributed by atoms with van der Waals surface area (Å²) in [6.07, 6.45) is 1.18. The van der Waals surface area contributed by atoms with Crippen LogP contribution in [0.25, 0.3) is 28.1 Å². The second-order valence-corrected chi connectivity index (χ2v) is 6.55. The molecule has 1 atom stereocenters. The molecule has 152 valence electrons. The Morgan fingerprint density at radius 1 is 1.13 bits per heavy atom. The lowest BCUT2D eigenvalue weighted by Crippen LogP contribution is -2.42. The van der Waals surface area contributed by atoms with Crippen molar-refractivity contribution in [3.63, 3.8) is 0 Å². The van der Waals surface area contributed by atoms with Crippen LogP contribution in [0, 0.1) is 11.3 Å². The first-order chi connectivity index (χ1) is 14.3. The third-order valence-corrected chi connectivity index (χ3v) is 4.75. The summed E-state index contributed by atoms with van der Waals surface area (Å²) in [7, 11) is 0. The highest BCUT2D eigenvalue weighted by Gasteiger charge is 2.54. The van der Waals surface area contributed by atoms with Crippen molar-refractivity contribution < 1.29 is 18.3 Å². The van der Waals surface area contributed by atoms with Crippen LogP contribution >= 0.6 is 0 Å². The molecule has 0 amide bonds. The van der Waals surface area contributed by atoms with E-state index >= 15 is 0 Å². The summed E-state index contributed by atoms with van der Waals surface area (Å²) in [4.78, 5) is 15.3. The molecule has 0 fully saturated rings. The lowest BCUT2D eigenvalue weighted by molar-refractivity contribution is -0.268. The molecule has 0 aliphatic heterocycles. The smallest absolute Gasteiger partial charge is 0.376 e. The van der Waals surface area contributed by atoms with E-state index in [0.717, 1.165) is 28.9 Å². The number of H-pyrrole nitrogens is 1. The van der Waals surface area contributed by atoms with Gasteiger partial charge in [0.25, 0.3) is 0 Å². The number of halogens is 3. The number of fused-ring (bicyclic) bond motifs is 1. The van der Waals surface area contributed by atoms with Crippen LogP contribution < -0.4 is 0 Å². The molecule has 8 nitrogen and oxygen atoms in total. The summed E-state index contributed by atoms with van der Waals surface area (Å²) in [5, 5.41) is 23.0. The van der Waals surface area contributed by atoms with E-state index in [1.807, 2.05) is 0 Å². The third kappa shape index (κ3) is 3.27. The Labute approximate surface area is 167 Å². The standard InChI is InChI=1S/C19H14F3N7O/c20-19(21,22)18(30,5-1-6-23)13-2-3-15(25-9-13)29-10-12(8-28-29)14-4-7-24-17-16(14)26-11-27-17/h2-4,7-11,30H,1,5H2,(H,24,26,27). The van der Waals surface area contributed by atoms with E-state index in [-0.39, 0.29) is 5.82 Å². The molecule has 4 aromatic heterocycles. The Hall–Kier alpha value is -3.78. The van der Waals surface area contributed by atoms with Gasteiger partial charge in [-0.3, -0.25) is 0 Å². The first-order valence-corrected chi connectivity index (χ1v) is 8.79. The van der Waals surface area contributed by atoms with Crippen LogP contribution in [0.15, 0.2) is 49.3 Å². The maximum absolute atomic E-state index is 13.4. The number of aromatic amines is 1. The van der Waals surface area contributed by atoms with Crippen molar-refractivity contribution in [2.24, 2.45) is 0 Å². The van der Waals surface area contributed by atoms with E-state index in [4.69, 9.17) is 5.26 Å². The van der Waals surface area contributed by atoms with Crippen LogP contribution in [-0.2, 0) is 5.60 Å². The molecule has 0 aromatic carbocycles. The number of hydrogen-bond acceptors (Lipinski definition) is 6. The van der Waals surface area contributed by atoms with Gasteiger partial charge in [-0.2, -0.15) is 23.5 Å². The fraction of sp³-hybridized carbons (Fsp3) is 0.211. The average Bonchev–Trinajstić information content (AvgIpc) is 3.40. The van der Waals surface area contributed by atoms with Crippen molar-refractivity contribution in [1.29, 1.82) is 5.26 Å². The first kappa shape index (κ1) is 19.5. The Morgan fingerprint density at radius 3 is 2.67 bits per heavy atom. The minimum atomic E-state index is -4.94. The topological polar surface area (TPSA) is 116 Å². The van der Waals surface area contributed by atoms with Crippen molar-refractivity contribution in [3.8, 4) is 23.0 Å². The number of hydrogen-bond donors (Lipinski definition) is 2. The normalized spacial score (nSPS) is 13.8. The maximum atomic E-state index is 13.4. The highest BCUT2D eigenvalue weighted by molar-refractivity contribution is 5.88. The number of pyridine rings is 2.